The fourth-order valence-corrected chi connectivity index (χ4v) is 0.972. The minimum absolute atomic E-state index is 0.325. The van der Waals surface area contributed by atoms with Crippen molar-refractivity contribution >= 4 is 0 Å². The van der Waals surface area contributed by atoms with E-state index in [1.165, 1.54) is 0 Å². The van der Waals surface area contributed by atoms with Gasteiger partial charge in [-0.05, 0) is 18.1 Å². The van der Waals surface area contributed by atoms with E-state index in [0.29, 0.717) is 11.5 Å². The average Bonchev–Trinajstić information content (AvgIpc) is 2.20. The zero-order chi connectivity index (χ0) is 10.3. The van der Waals surface area contributed by atoms with Crippen LogP contribution in [-0.2, 0) is 0 Å². The summed E-state index contributed by atoms with van der Waals surface area (Å²) < 4.78 is 0. The Morgan fingerprint density at radius 2 is 2.00 bits per heavy atom. The Morgan fingerprint density at radius 3 is 2.38 bits per heavy atom. The van der Waals surface area contributed by atoms with Crippen LogP contribution in [0.4, 0.5) is 0 Å². The predicted octanol–water partition coefficient (Wildman–Crippen LogP) is 3.10. The third kappa shape index (κ3) is 3.25. The molecule has 2 heteroatoms. The second-order valence-electron chi connectivity index (χ2n) is 2.70. The van der Waals surface area contributed by atoms with Crippen molar-refractivity contribution in [2.45, 2.75) is 33.6 Å². The summed E-state index contributed by atoms with van der Waals surface area (Å²) in [5.74, 6) is 0.325. The molecule has 0 amide bonds. The van der Waals surface area contributed by atoms with Gasteiger partial charge in [-0.25, -0.2) is 0 Å². The number of hydrogen-bond acceptors (Lipinski definition) is 2. The molecule has 1 aromatic rings. The van der Waals surface area contributed by atoms with Crippen LogP contribution in [0, 0.1) is 11.3 Å². The van der Waals surface area contributed by atoms with Gasteiger partial charge >= 0.3 is 0 Å². The van der Waals surface area contributed by atoms with Crippen LogP contribution in [0.5, 0.6) is 0 Å². The van der Waals surface area contributed by atoms with Crippen molar-refractivity contribution in [3.63, 3.8) is 0 Å². The molecule has 0 aromatic carbocycles. The number of nitrogens with zero attached hydrogens (tertiary/aromatic N) is 2. The number of pyridine rings is 1. The van der Waals surface area contributed by atoms with Crippen LogP contribution in [0.15, 0.2) is 18.3 Å². The smallest absolute Gasteiger partial charge is 0.101 e. The fourth-order valence-electron chi connectivity index (χ4n) is 0.972. The molecule has 0 aliphatic rings. The molecule has 0 aliphatic heterocycles. The molecule has 0 aliphatic carbocycles. The summed E-state index contributed by atoms with van der Waals surface area (Å²) >= 11 is 0. The molecular formula is C11H16N2. The Bertz CT molecular complexity index is 284. The van der Waals surface area contributed by atoms with Crippen LogP contribution in [0.1, 0.15) is 44.9 Å². The lowest BCUT2D eigenvalue weighted by molar-refractivity contribution is 0.818. The van der Waals surface area contributed by atoms with Crippen molar-refractivity contribution in [1.29, 1.82) is 5.26 Å². The van der Waals surface area contributed by atoms with Gasteiger partial charge in [0.05, 0.1) is 11.3 Å². The second kappa shape index (κ2) is 6.19. The van der Waals surface area contributed by atoms with E-state index in [1.54, 1.807) is 18.3 Å². The Morgan fingerprint density at radius 1 is 1.38 bits per heavy atom. The van der Waals surface area contributed by atoms with E-state index in [4.69, 9.17) is 5.26 Å². The first-order valence-electron chi connectivity index (χ1n) is 4.60. The summed E-state index contributed by atoms with van der Waals surface area (Å²) in [5, 5.41) is 8.68. The molecule has 2 nitrogen and oxygen atoms in total. The molecule has 1 aromatic heterocycles. The molecule has 0 fully saturated rings. The van der Waals surface area contributed by atoms with Crippen LogP contribution in [0.25, 0.3) is 0 Å². The third-order valence-electron chi connectivity index (χ3n) is 1.51. The molecule has 0 bridgehead atoms. The molecule has 0 saturated heterocycles. The average molecular weight is 176 g/mol. The first-order chi connectivity index (χ1) is 6.25. The van der Waals surface area contributed by atoms with Crippen LogP contribution < -0.4 is 0 Å². The Labute approximate surface area is 80.2 Å². The number of hydrogen-bond donors (Lipinski definition) is 0. The van der Waals surface area contributed by atoms with Gasteiger partial charge in [-0.15, -0.1) is 0 Å². The molecule has 70 valence electrons. The van der Waals surface area contributed by atoms with E-state index in [2.05, 4.69) is 11.1 Å². The molecule has 0 spiro atoms. The van der Waals surface area contributed by atoms with E-state index >= 15 is 0 Å². The van der Waals surface area contributed by atoms with E-state index in [9.17, 15) is 0 Å². The standard InChI is InChI=1S/C9H10N2.C2H6/c1-7(2)9-8(6-10)4-3-5-11-9;1-2/h3-5,7H,1-2H3;1-2H3. The van der Waals surface area contributed by atoms with Gasteiger partial charge < -0.3 is 0 Å². The van der Waals surface area contributed by atoms with Crippen LogP contribution >= 0.6 is 0 Å². The van der Waals surface area contributed by atoms with E-state index in [0.717, 1.165) is 5.69 Å². The van der Waals surface area contributed by atoms with E-state index < -0.39 is 0 Å². The van der Waals surface area contributed by atoms with E-state index in [-0.39, 0.29) is 0 Å². The lowest BCUT2D eigenvalue weighted by atomic mass is 10.1. The molecule has 1 rings (SSSR count). The molecule has 0 N–H and O–H groups in total. The van der Waals surface area contributed by atoms with Crippen molar-refractivity contribution < 1.29 is 0 Å². The molecule has 1 heterocycles. The third-order valence-corrected chi connectivity index (χ3v) is 1.51. The summed E-state index contributed by atoms with van der Waals surface area (Å²) in [6.45, 7) is 8.06. The maximum Gasteiger partial charge on any atom is 0.101 e. The fraction of sp³-hybridized carbons (Fsp3) is 0.455. The molecule has 0 atom stereocenters. The van der Waals surface area contributed by atoms with Gasteiger partial charge in [0.2, 0.25) is 0 Å². The summed E-state index contributed by atoms with van der Waals surface area (Å²) in [5.41, 5.74) is 1.57. The summed E-state index contributed by atoms with van der Waals surface area (Å²) in [7, 11) is 0. The first-order valence-corrected chi connectivity index (χ1v) is 4.60. The molecule has 0 unspecified atom stereocenters. The predicted molar refractivity (Wildman–Crippen MR) is 54.4 cm³/mol. The Kier molecular flexibility index (Phi) is 5.54. The maximum absolute atomic E-state index is 8.68. The number of aromatic nitrogens is 1. The molecule has 0 radical (unpaired) electrons. The lowest BCUT2D eigenvalue weighted by Gasteiger charge is -2.04. The highest BCUT2D eigenvalue weighted by molar-refractivity contribution is 5.33. The minimum atomic E-state index is 0.325. The van der Waals surface area contributed by atoms with Crippen LogP contribution in [0.3, 0.4) is 0 Å². The largest absolute Gasteiger partial charge is 0.260 e. The second-order valence-corrected chi connectivity index (χ2v) is 2.70. The highest BCUT2D eigenvalue weighted by Crippen LogP contribution is 2.14. The first kappa shape index (κ1) is 11.6. The minimum Gasteiger partial charge on any atom is -0.260 e. The van der Waals surface area contributed by atoms with Crippen molar-refractivity contribution in [3.8, 4) is 6.07 Å². The monoisotopic (exact) mass is 176 g/mol. The summed E-state index contributed by atoms with van der Waals surface area (Å²) in [6, 6.07) is 5.69. The summed E-state index contributed by atoms with van der Waals surface area (Å²) in [4.78, 5) is 4.13. The molecule has 0 saturated carbocycles. The highest BCUT2D eigenvalue weighted by atomic mass is 14.7. The highest BCUT2D eigenvalue weighted by Gasteiger charge is 2.05. The van der Waals surface area contributed by atoms with Gasteiger partial charge in [0.1, 0.15) is 6.07 Å². The Balaban J connectivity index is 0.000000671. The zero-order valence-corrected chi connectivity index (χ0v) is 8.70. The lowest BCUT2D eigenvalue weighted by Crippen LogP contribution is -1.95. The van der Waals surface area contributed by atoms with Gasteiger partial charge in [-0.2, -0.15) is 5.26 Å². The van der Waals surface area contributed by atoms with Crippen LogP contribution in [-0.4, -0.2) is 4.98 Å². The number of nitriles is 1. The topological polar surface area (TPSA) is 36.7 Å². The summed E-state index contributed by atoms with van der Waals surface area (Å²) in [6.07, 6.45) is 1.72. The van der Waals surface area contributed by atoms with Crippen molar-refractivity contribution in [1.82, 2.24) is 4.98 Å². The van der Waals surface area contributed by atoms with Crippen molar-refractivity contribution in [2.75, 3.05) is 0 Å². The van der Waals surface area contributed by atoms with Gasteiger partial charge in [0.15, 0.2) is 0 Å². The van der Waals surface area contributed by atoms with Gasteiger partial charge in [-0.1, -0.05) is 27.7 Å². The normalized spacial score (nSPS) is 8.62. The van der Waals surface area contributed by atoms with Crippen molar-refractivity contribution in [2.24, 2.45) is 0 Å². The quantitative estimate of drug-likeness (QED) is 0.659. The van der Waals surface area contributed by atoms with Gasteiger partial charge in [-0.3, -0.25) is 4.98 Å². The number of rotatable bonds is 1. The van der Waals surface area contributed by atoms with Crippen LogP contribution in [0.2, 0.25) is 0 Å². The SMILES string of the molecule is CC.CC(C)c1ncccc1C#N. The zero-order valence-electron chi connectivity index (χ0n) is 8.70. The van der Waals surface area contributed by atoms with E-state index in [1.807, 2.05) is 27.7 Å². The molecule has 13 heavy (non-hydrogen) atoms. The van der Waals surface area contributed by atoms with Gasteiger partial charge in [0.25, 0.3) is 0 Å². The maximum atomic E-state index is 8.68. The van der Waals surface area contributed by atoms with Crippen molar-refractivity contribution in [3.05, 3.63) is 29.6 Å². The molecular weight excluding hydrogens is 160 g/mol. The van der Waals surface area contributed by atoms with Gasteiger partial charge in [0, 0.05) is 6.20 Å². The Hall–Kier alpha value is -1.36.